The molecule has 16 heavy (non-hydrogen) atoms. The minimum atomic E-state index is 0.673. The number of pyridine rings is 1. The molecular weight excluding hydrogens is 204 g/mol. The largest absolute Gasteiger partial charge is 0.493 e. The maximum Gasteiger partial charge on any atom is 0.162 e. The molecule has 1 aromatic heterocycles. The number of aromatic nitrogens is 1. The van der Waals surface area contributed by atoms with Crippen LogP contribution >= 0.6 is 0 Å². The molecule has 4 nitrogen and oxygen atoms in total. The predicted octanol–water partition coefficient (Wildman–Crippen LogP) is 2.14. The zero-order valence-corrected chi connectivity index (χ0v) is 9.57. The molecule has 0 aliphatic rings. The molecule has 0 fully saturated rings. The maximum absolute atomic E-state index is 5.81. The van der Waals surface area contributed by atoms with E-state index in [0.29, 0.717) is 17.2 Å². The van der Waals surface area contributed by atoms with Gasteiger partial charge in [-0.05, 0) is 19.1 Å². The first kappa shape index (κ1) is 10.5. The molecule has 0 atom stereocenters. The monoisotopic (exact) mass is 218 g/mol. The number of rotatable bonds is 2. The number of nitrogens with two attached hydrogens (primary N) is 1. The van der Waals surface area contributed by atoms with Gasteiger partial charge >= 0.3 is 0 Å². The molecule has 0 amide bonds. The zero-order chi connectivity index (χ0) is 11.7. The fraction of sp³-hybridized carbons (Fsp3) is 0.250. The Morgan fingerprint density at radius 1 is 1.06 bits per heavy atom. The Labute approximate surface area is 94.0 Å². The van der Waals surface area contributed by atoms with Crippen molar-refractivity contribution in [2.75, 3.05) is 20.0 Å². The fourth-order valence-electron chi connectivity index (χ4n) is 1.61. The van der Waals surface area contributed by atoms with Crippen molar-refractivity contribution in [3.05, 3.63) is 23.9 Å². The Morgan fingerprint density at radius 2 is 1.69 bits per heavy atom. The van der Waals surface area contributed by atoms with Crippen LogP contribution in [0.5, 0.6) is 11.5 Å². The summed E-state index contributed by atoms with van der Waals surface area (Å²) in [5.41, 5.74) is 8.16. The van der Waals surface area contributed by atoms with E-state index in [1.807, 2.05) is 25.1 Å². The average Bonchev–Trinajstić information content (AvgIpc) is 2.29. The van der Waals surface area contributed by atoms with Gasteiger partial charge in [-0.2, -0.15) is 0 Å². The summed E-state index contributed by atoms with van der Waals surface area (Å²) in [6, 6.07) is 5.61. The Morgan fingerprint density at radius 3 is 2.31 bits per heavy atom. The normalized spacial score (nSPS) is 10.4. The molecule has 84 valence electrons. The first-order valence-corrected chi connectivity index (χ1v) is 4.94. The lowest BCUT2D eigenvalue weighted by Gasteiger charge is -2.09. The standard InChI is InChI=1S/C12H14N2O2/c1-7-9(13)4-8-5-11(15-2)12(16-3)6-10(8)14-7/h4-6H,13H2,1-3H3. The summed E-state index contributed by atoms with van der Waals surface area (Å²) >= 11 is 0. The highest BCUT2D eigenvalue weighted by Crippen LogP contribution is 2.32. The quantitative estimate of drug-likeness (QED) is 0.839. The maximum atomic E-state index is 5.81. The second-order valence-electron chi connectivity index (χ2n) is 3.56. The van der Waals surface area contributed by atoms with E-state index in [4.69, 9.17) is 15.2 Å². The summed E-state index contributed by atoms with van der Waals surface area (Å²) < 4.78 is 10.4. The highest BCUT2D eigenvalue weighted by Gasteiger charge is 2.08. The number of hydrogen-bond donors (Lipinski definition) is 1. The molecule has 1 heterocycles. The summed E-state index contributed by atoms with van der Waals surface area (Å²) in [5.74, 6) is 1.35. The van der Waals surface area contributed by atoms with E-state index in [-0.39, 0.29) is 0 Å². The Hall–Kier alpha value is -1.97. The van der Waals surface area contributed by atoms with Crippen molar-refractivity contribution < 1.29 is 9.47 Å². The van der Waals surface area contributed by atoms with Crippen LogP contribution in [-0.2, 0) is 0 Å². The minimum Gasteiger partial charge on any atom is -0.493 e. The number of aryl methyl sites for hydroxylation is 1. The van der Waals surface area contributed by atoms with Crippen LogP contribution in [0.4, 0.5) is 5.69 Å². The van der Waals surface area contributed by atoms with Crippen LogP contribution in [0.25, 0.3) is 10.9 Å². The van der Waals surface area contributed by atoms with Gasteiger partial charge in [0.2, 0.25) is 0 Å². The van der Waals surface area contributed by atoms with Gasteiger partial charge in [0.1, 0.15) is 0 Å². The van der Waals surface area contributed by atoms with E-state index in [1.165, 1.54) is 0 Å². The highest BCUT2D eigenvalue weighted by atomic mass is 16.5. The molecule has 2 N–H and O–H groups in total. The molecule has 2 rings (SSSR count). The summed E-state index contributed by atoms with van der Waals surface area (Å²) in [5, 5.41) is 0.945. The van der Waals surface area contributed by atoms with Crippen molar-refractivity contribution >= 4 is 16.6 Å². The van der Waals surface area contributed by atoms with Gasteiger partial charge in [0.05, 0.1) is 31.1 Å². The number of fused-ring (bicyclic) bond motifs is 1. The van der Waals surface area contributed by atoms with Crippen LogP contribution in [0.1, 0.15) is 5.69 Å². The number of anilines is 1. The lowest BCUT2D eigenvalue weighted by molar-refractivity contribution is 0.356. The smallest absolute Gasteiger partial charge is 0.162 e. The summed E-state index contributed by atoms with van der Waals surface area (Å²) in [6.45, 7) is 1.88. The lowest BCUT2D eigenvalue weighted by Crippen LogP contribution is -1.95. The Bertz CT molecular complexity index is 490. The third-order valence-electron chi connectivity index (χ3n) is 2.55. The second-order valence-corrected chi connectivity index (χ2v) is 3.56. The summed E-state index contributed by atoms with van der Waals surface area (Å²) in [4.78, 5) is 4.40. The van der Waals surface area contributed by atoms with Gasteiger partial charge in [-0.3, -0.25) is 4.98 Å². The topological polar surface area (TPSA) is 57.4 Å². The zero-order valence-electron chi connectivity index (χ0n) is 9.57. The van der Waals surface area contributed by atoms with E-state index < -0.39 is 0 Å². The third-order valence-corrected chi connectivity index (χ3v) is 2.55. The second kappa shape index (κ2) is 3.89. The van der Waals surface area contributed by atoms with Crippen molar-refractivity contribution in [2.45, 2.75) is 6.92 Å². The molecule has 2 aromatic rings. The van der Waals surface area contributed by atoms with Crippen LogP contribution in [0, 0.1) is 6.92 Å². The molecule has 0 aliphatic heterocycles. The van der Waals surface area contributed by atoms with E-state index in [1.54, 1.807) is 14.2 Å². The SMILES string of the molecule is COc1cc2cc(N)c(C)nc2cc1OC. The van der Waals surface area contributed by atoms with Gasteiger partial charge in [-0.1, -0.05) is 0 Å². The summed E-state index contributed by atoms with van der Waals surface area (Å²) in [7, 11) is 3.21. The van der Waals surface area contributed by atoms with Crippen LogP contribution in [-0.4, -0.2) is 19.2 Å². The third kappa shape index (κ3) is 1.62. The Balaban J connectivity index is 2.73. The molecular formula is C12H14N2O2. The first-order valence-electron chi connectivity index (χ1n) is 4.94. The lowest BCUT2D eigenvalue weighted by atomic mass is 10.1. The number of methoxy groups -OCH3 is 2. The molecule has 1 aromatic carbocycles. The van der Waals surface area contributed by atoms with Crippen molar-refractivity contribution in [3.8, 4) is 11.5 Å². The van der Waals surface area contributed by atoms with Crippen molar-refractivity contribution in [3.63, 3.8) is 0 Å². The van der Waals surface area contributed by atoms with Gasteiger partial charge in [0, 0.05) is 11.5 Å². The number of nitrogen functional groups attached to an aromatic ring is 1. The van der Waals surface area contributed by atoms with Crippen molar-refractivity contribution in [1.29, 1.82) is 0 Å². The van der Waals surface area contributed by atoms with E-state index in [2.05, 4.69) is 4.98 Å². The van der Waals surface area contributed by atoms with E-state index >= 15 is 0 Å². The van der Waals surface area contributed by atoms with Crippen LogP contribution in [0.2, 0.25) is 0 Å². The molecule has 0 saturated carbocycles. The number of nitrogens with zero attached hydrogens (tertiary/aromatic N) is 1. The molecule has 4 heteroatoms. The van der Waals surface area contributed by atoms with Crippen molar-refractivity contribution in [1.82, 2.24) is 4.98 Å². The average molecular weight is 218 g/mol. The van der Waals surface area contributed by atoms with Gasteiger partial charge in [0.15, 0.2) is 11.5 Å². The molecule has 0 spiro atoms. The van der Waals surface area contributed by atoms with Crippen molar-refractivity contribution in [2.24, 2.45) is 0 Å². The predicted molar refractivity (Wildman–Crippen MR) is 64.0 cm³/mol. The molecule has 0 aliphatic carbocycles. The van der Waals surface area contributed by atoms with Gasteiger partial charge in [-0.15, -0.1) is 0 Å². The number of benzene rings is 1. The highest BCUT2D eigenvalue weighted by molar-refractivity contribution is 5.85. The minimum absolute atomic E-state index is 0.673. The van der Waals surface area contributed by atoms with Gasteiger partial charge in [0.25, 0.3) is 0 Å². The first-order chi connectivity index (χ1) is 7.65. The molecule has 0 bridgehead atoms. The fourth-order valence-corrected chi connectivity index (χ4v) is 1.61. The van der Waals surface area contributed by atoms with E-state index in [9.17, 15) is 0 Å². The Kier molecular flexibility index (Phi) is 2.56. The number of ether oxygens (including phenoxy) is 2. The molecule has 0 radical (unpaired) electrons. The van der Waals surface area contributed by atoms with E-state index in [0.717, 1.165) is 16.6 Å². The number of hydrogen-bond acceptors (Lipinski definition) is 4. The molecule has 0 unspecified atom stereocenters. The molecule has 0 saturated heterocycles. The summed E-state index contributed by atoms with van der Waals surface area (Å²) in [6.07, 6.45) is 0. The van der Waals surface area contributed by atoms with Crippen LogP contribution < -0.4 is 15.2 Å². The van der Waals surface area contributed by atoms with Crippen LogP contribution in [0.3, 0.4) is 0 Å². The van der Waals surface area contributed by atoms with Gasteiger partial charge < -0.3 is 15.2 Å². The van der Waals surface area contributed by atoms with Crippen LogP contribution in [0.15, 0.2) is 18.2 Å². The van der Waals surface area contributed by atoms with Gasteiger partial charge in [-0.25, -0.2) is 0 Å².